The van der Waals surface area contributed by atoms with Crippen LogP contribution in [0.3, 0.4) is 0 Å². The molecule has 0 spiro atoms. The van der Waals surface area contributed by atoms with Crippen LogP contribution in [0.5, 0.6) is 0 Å². The molecule has 0 bridgehead atoms. The molecule has 3 rings (SSSR count). The molecule has 0 heterocycles. The molecule has 2 amide bonds. The molecule has 7 nitrogen and oxygen atoms in total. The molecule has 3 aromatic rings. The van der Waals surface area contributed by atoms with Crippen molar-refractivity contribution in [2.24, 2.45) is 0 Å². The summed E-state index contributed by atoms with van der Waals surface area (Å²) in [6, 6.07) is 19.1. The number of unbranched alkanes of at least 4 members (excludes halogenated alkanes) is 1. The summed E-state index contributed by atoms with van der Waals surface area (Å²) in [4.78, 5) is 28.0. The van der Waals surface area contributed by atoms with Crippen molar-refractivity contribution < 1.29 is 22.4 Å². The summed E-state index contributed by atoms with van der Waals surface area (Å²) in [5, 5.41) is 2.85. The zero-order valence-corrected chi connectivity index (χ0v) is 23.7. The predicted molar refractivity (Wildman–Crippen MR) is 149 cm³/mol. The van der Waals surface area contributed by atoms with Gasteiger partial charge in [0, 0.05) is 17.6 Å². The summed E-state index contributed by atoms with van der Waals surface area (Å²) in [6.07, 6.45) is 1.71. The zero-order chi connectivity index (χ0) is 27.7. The minimum Gasteiger partial charge on any atom is -0.354 e. The van der Waals surface area contributed by atoms with Crippen molar-refractivity contribution in [2.75, 3.05) is 17.4 Å². The molecular weight excluding hydrogens is 573 g/mol. The Bertz CT molecular complexity index is 1340. The minimum absolute atomic E-state index is 0.0971. The van der Waals surface area contributed by atoms with Crippen molar-refractivity contribution in [1.29, 1.82) is 0 Å². The maximum absolute atomic E-state index is 13.8. The van der Waals surface area contributed by atoms with E-state index in [9.17, 15) is 22.4 Å². The molecular formula is C28H31BrFN3O4S. The quantitative estimate of drug-likeness (QED) is 0.291. The van der Waals surface area contributed by atoms with Crippen LogP contribution in [0.4, 0.5) is 10.1 Å². The SMILES string of the molecule is CCCCNC(=O)C(C)N(Cc1cccc(Br)c1)C(=O)CN(c1ccccc1)S(=O)(=O)c1ccc(F)cc1. The number of nitrogens with zero attached hydrogens (tertiary/aromatic N) is 2. The topological polar surface area (TPSA) is 86.8 Å². The van der Waals surface area contributed by atoms with Crippen molar-refractivity contribution in [3.05, 3.63) is 94.7 Å². The fourth-order valence-electron chi connectivity index (χ4n) is 3.81. The van der Waals surface area contributed by atoms with Gasteiger partial charge in [-0.25, -0.2) is 12.8 Å². The van der Waals surface area contributed by atoms with Crippen LogP contribution in [0.25, 0.3) is 0 Å². The number of nitrogens with one attached hydrogen (secondary N) is 1. The highest BCUT2D eigenvalue weighted by molar-refractivity contribution is 9.10. The van der Waals surface area contributed by atoms with Crippen LogP contribution >= 0.6 is 15.9 Å². The number of amides is 2. The largest absolute Gasteiger partial charge is 0.354 e. The third-order valence-electron chi connectivity index (χ3n) is 5.96. The number of hydrogen-bond donors (Lipinski definition) is 1. The van der Waals surface area contributed by atoms with E-state index >= 15 is 0 Å². The van der Waals surface area contributed by atoms with E-state index in [4.69, 9.17) is 0 Å². The van der Waals surface area contributed by atoms with Crippen LogP contribution in [-0.2, 0) is 26.2 Å². The molecule has 0 aliphatic rings. The van der Waals surface area contributed by atoms with Crippen LogP contribution in [0, 0.1) is 5.82 Å². The number of benzene rings is 3. The Kier molecular flexibility index (Phi) is 10.4. The molecule has 0 saturated heterocycles. The van der Waals surface area contributed by atoms with Gasteiger partial charge in [0.2, 0.25) is 11.8 Å². The molecule has 0 aromatic heterocycles. The molecule has 0 saturated carbocycles. The Balaban J connectivity index is 1.97. The summed E-state index contributed by atoms with van der Waals surface area (Å²) < 4.78 is 42.6. The van der Waals surface area contributed by atoms with Crippen molar-refractivity contribution >= 4 is 43.5 Å². The van der Waals surface area contributed by atoms with E-state index in [2.05, 4.69) is 21.2 Å². The predicted octanol–water partition coefficient (Wildman–Crippen LogP) is 5.12. The summed E-state index contributed by atoms with van der Waals surface area (Å²) in [5.74, 6) is -1.46. The average Bonchev–Trinajstić information content (AvgIpc) is 2.90. The minimum atomic E-state index is -4.23. The van der Waals surface area contributed by atoms with Gasteiger partial charge in [-0.05, 0) is 67.4 Å². The molecule has 0 radical (unpaired) electrons. The highest BCUT2D eigenvalue weighted by Crippen LogP contribution is 2.25. The van der Waals surface area contributed by atoms with Crippen molar-refractivity contribution in [3.8, 4) is 0 Å². The lowest BCUT2D eigenvalue weighted by atomic mass is 10.1. The Labute approximate surface area is 231 Å². The molecule has 202 valence electrons. The van der Waals surface area contributed by atoms with E-state index in [0.29, 0.717) is 6.54 Å². The Morgan fingerprint density at radius 1 is 1.00 bits per heavy atom. The number of hydrogen-bond acceptors (Lipinski definition) is 4. The smallest absolute Gasteiger partial charge is 0.264 e. The normalized spacial score (nSPS) is 12.0. The third kappa shape index (κ3) is 7.64. The third-order valence-corrected chi connectivity index (χ3v) is 8.24. The van der Waals surface area contributed by atoms with Crippen LogP contribution in [0.1, 0.15) is 32.3 Å². The summed E-state index contributed by atoms with van der Waals surface area (Å²) in [6.45, 7) is 3.66. The van der Waals surface area contributed by atoms with Crippen LogP contribution in [0.2, 0.25) is 0 Å². The van der Waals surface area contributed by atoms with Gasteiger partial charge in [0.25, 0.3) is 10.0 Å². The first-order valence-electron chi connectivity index (χ1n) is 12.3. The van der Waals surface area contributed by atoms with Gasteiger partial charge in [-0.15, -0.1) is 0 Å². The molecule has 10 heteroatoms. The second-order valence-corrected chi connectivity index (χ2v) is 11.6. The number of para-hydroxylation sites is 1. The van der Waals surface area contributed by atoms with Gasteiger partial charge in [0.05, 0.1) is 10.6 Å². The first kappa shape index (κ1) is 29.3. The zero-order valence-electron chi connectivity index (χ0n) is 21.3. The Hall–Kier alpha value is -3.24. The highest BCUT2D eigenvalue weighted by Gasteiger charge is 2.32. The standard InChI is InChI=1S/C28H31BrFN3O4S/c1-3-4-17-31-28(35)21(2)32(19-22-9-8-10-23(29)18-22)27(34)20-33(25-11-6-5-7-12-25)38(36,37)26-15-13-24(30)14-16-26/h5-16,18,21H,3-4,17,19-20H2,1-2H3,(H,31,35). The maximum atomic E-state index is 13.8. The Morgan fingerprint density at radius 2 is 1.68 bits per heavy atom. The van der Waals surface area contributed by atoms with Crippen molar-refractivity contribution in [1.82, 2.24) is 10.2 Å². The van der Waals surface area contributed by atoms with Crippen molar-refractivity contribution in [2.45, 2.75) is 44.2 Å². The number of halogens is 2. The number of rotatable bonds is 12. The molecule has 0 fully saturated rings. The second kappa shape index (κ2) is 13.5. The van der Waals surface area contributed by atoms with Gasteiger partial charge in [-0.1, -0.05) is 59.6 Å². The summed E-state index contributed by atoms with van der Waals surface area (Å²) in [7, 11) is -4.23. The number of carbonyl (C=O) groups is 2. The maximum Gasteiger partial charge on any atom is 0.264 e. The van der Waals surface area contributed by atoms with Gasteiger partial charge in [0.15, 0.2) is 0 Å². The fourth-order valence-corrected chi connectivity index (χ4v) is 5.67. The lowest BCUT2D eigenvalue weighted by molar-refractivity contribution is -0.139. The molecule has 0 aliphatic carbocycles. The van der Waals surface area contributed by atoms with Crippen LogP contribution in [0.15, 0.2) is 88.2 Å². The lowest BCUT2D eigenvalue weighted by Gasteiger charge is -2.32. The van der Waals surface area contributed by atoms with Crippen molar-refractivity contribution in [3.63, 3.8) is 0 Å². The molecule has 3 aromatic carbocycles. The van der Waals surface area contributed by atoms with Gasteiger partial charge in [-0.2, -0.15) is 0 Å². The van der Waals surface area contributed by atoms with Gasteiger partial charge >= 0.3 is 0 Å². The van der Waals surface area contributed by atoms with Gasteiger partial charge in [-0.3, -0.25) is 13.9 Å². The lowest BCUT2D eigenvalue weighted by Crippen LogP contribution is -2.51. The summed E-state index contributed by atoms with van der Waals surface area (Å²) in [5.41, 5.74) is 1.04. The number of sulfonamides is 1. The molecule has 1 atom stereocenters. The highest BCUT2D eigenvalue weighted by atomic mass is 79.9. The molecule has 1 N–H and O–H groups in total. The Morgan fingerprint density at radius 3 is 2.32 bits per heavy atom. The fraction of sp³-hybridized carbons (Fsp3) is 0.286. The van der Waals surface area contributed by atoms with E-state index in [1.54, 1.807) is 37.3 Å². The van der Waals surface area contributed by atoms with Gasteiger partial charge < -0.3 is 10.2 Å². The monoisotopic (exact) mass is 603 g/mol. The molecule has 1 unspecified atom stereocenters. The summed E-state index contributed by atoms with van der Waals surface area (Å²) >= 11 is 3.43. The second-order valence-electron chi connectivity index (χ2n) is 8.77. The van der Waals surface area contributed by atoms with Crippen LogP contribution < -0.4 is 9.62 Å². The molecule has 0 aliphatic heterocycles. The first-order chi connectivity index (χ1) is 18.1. The first-order valence-corrected chi connectivity index (χ1v) is 14.5. The van der Waals surface area contributed by atoms with E-state index in [1.165, 1.54) is 4.90 Å². The number of anilines is 1. The van der Waals surface area contributed by atoms with E-state index in [1.807, 2.05) is 31.2 Å². The molecule has 38 heavy (non-hydrogen) atoms. The number of carbonyl (C=O) groups excluding carboxylic acids is 2. The van der Waals surface area contributed by atoms with Crippen LogP contribution in [-0.4, -0.2) is 44.3 Å². The van der Waals surface area contributed by atoms with E-state index in [-0.39, 0.29) is 23.0 Å². The average molecular weight is 605 g/mol. The van der Waals surface area contributed by atoms with E-state index in [0.717, 1.165) is 51.4 Å². The van der Waals surface area contributed by atoms with E-state index < -0.39 is 34.3 Å². The van der Waals surface area contributed by atoms with Gasteiger partial charge in [0.1, 0.15) is 18.4 Å².